The molecule has 6 nitrogen and oxygen atoms in total. The number of halogens is 2. The maximum absolute atomic E-state index is 13.4. The Balaban J connectivity index is 1.51. The van der Waals surface area contributed by atoms with Crippen molar-refractivity contribution in [3.05, 3.63) is 51.4 Å². The summed E-state index contributed by atoms with van der Waals surface area (Å²) in [6.07, 6.45) is 0.901. The first-order valence-electron chi connectivity index (χ1n) is 8.39. The van der Waals surface area contributed by atoms with E-state index in [0.717, 1.165) is 11.0 Å². The molecule has 2 aliphatic heterocycles. The van der Waals surface area contributed by atoms with Crippen LogP contribution < -0.4 is 10.2 Å². The summed E-state index contributed by atoms with van der Waals surface area (Å²) in [5, 5.41) is 4.60. The Morgan fingerprint density at radius 2 is 2.11 bits per heavy atom. The van der Waals surface area contributed by atoms with Gasteiger partial charge in [0.05, 0.1) is 15.6 Å². The van der Waals surface area contributed by atoms with Crippen molar-refractivity contribution in [1.82, 2.24) is 10.2 Å². The Morgan fingerprint density at radius 1 is 1.30 bits per heavy atom. The fraction of sp³-hybridized carbons (Fsp3) is 0.278. The first-order valence-corrected chi connectivity index (χ1v) is 9.65. The number of carbonyl (C=O) groups is 3. The summed E-state index contributed by atoms with van der Waals surface area (Å²) in [5.74, 6) is -1.19. The highest BCUT2D eigenvalue weighted by Gasteiger charge is 2.48. The Labute approximate surface area is 163 Å². The van der Waals surface area contributed by atoms with Crippen LogP contribution in [0.1, 0.15) is 22.5 Å². The standard InChI is InChI=1S/C18H15ClFN3O3S/c19-12-9-11(3-4-13(12)20)23-17(25)14-8-10(5-6-22(14)18(23)26)21-16(24)15-2-1-7-27-15/h1-4,7,9-10,14H,5-6,8H2,(H,21,24)/t10-,14+/m1/s1. The number of nitrogens with one attached hydrogen (secondary N) is 1. The van der Waals surface area contributed by atoms with Crippen LogP contribution in [-0.2, 0) is 4.79 Å². The average molecular weight is 408 g/mol. The van der Waals surface area contributed by atoms with Crippen LogP contribution >= 0.6 is 22.9 Å². The molecule has 0 saturated carbocycles. The van der Waals surface area contributed by atoms with Gasteiger partial charge < -0.3 is 10.2 Å². The van der Waals surface area contributed by atoms with Gasteiger partial charge in [-0.3, -0.25) is 9.59 Å². The third-order valence-electron chi connectivity index (χ3n) is 4.79. The summed E-state index contributed by atoms with van der Waals surface area (Å²) in [4.78, 5) is 40.9. The highest BCUT2D eigenvalue weighted by atomic mass is 35.5. The molecule has 0 aliphatic carbocycles. The summed E-state index contributed by atoms with van der Waals surface area (Å²) >= 11 is 7.13. The molecule has 1 aromatic heterocycles. The number of anilines is 1. The van der Waals surface area contributed by atoms with Crippen LogP contribution in [0, 0.1) is 5.82 Å². The molecule has 0 unspecified atom stereocenters. The number of hydrogen-bond acceptors (Lipinski definition) is 4. The number of hydrogen-bond donors (Lipinski definition) is 1. The molecule has 4 rings (SSSR count). The fourth-order valence-corrected chi connectivity index (χ4v) is 4.26. The molecule has 27 heavy (non-hydrogen) atoms. The van der Waals surface area contributed by atoms with Gasteiger partial charge >= 0.3 is 6.03 Å². The van der Waals surface area contributed by atoms with Gasteiger partial charge in [0.2, 0.25) is 0 Å². The van der Waals surface area contributed by atoms with Crippen molar-refractivity contribution < 1.29 is 18.8 Å². The Kier molecular flexibility index (Phi) is 4.61. The number of thiophene rings is 1. The number of piperidine rings is 1. The summed E-state index contributed by atoms with van der Waals surface area (Å²) in [6, 6.07) is 5.98. The van der Waals surface area contributed by atoms with Crippen LogP contribution in [0.4, 0.5) is 14.9 Å². The number of urea groups is 1. The normalized spacial score (nSPS) is 22.1. The zero-order valence-corrected chi connectivity index (χ0v) is 15.6. The van der Waals surface area contributed by atoms with Crippen LogP contribution in [0.5, 0.6) is 0 Å². The minimum absolute atomic E-state index is 0.154. The molecule has 1 aromatic carbocycles. The molecule has 0 radical (unpaired) electrons. The summed E-state index contributed by atoms with van der Waals surface area (Å²) in [7, 11) is 0. The van der Waals surface area contributed by atoms with Crippen molar-refractivity contribution in [3.8, 4) is 0 Å². The Bertz CT molecular complexity index is 921. The number of benzene rings is 1. The zero-order chi connectivity index (χ0) is 19.1. The Morgan fingerprint density at radius 3 is 2.81 bits per heavy atom. The van der Waals surface area contributed by atoms with E-state index >= 15 is 0 Å². The summed E-state index contributed by atoms with van der Waals surface area (Å²) < 4.78 is 13.4. The smallest absolute Gasteiger partial charge is 0.332 e. The fourth-order valence-electron chi connectivity index (χ4n) is 3.46. The second-order valence-electron chi connectivity index (χ2n) is 6.44. The lowest BCUT2D eigenvalue weighted by molar-refractivity contribution is -0.120. The van der Waals surface area contributed by atoms with Crippen LogP contribution in [-0.4, -0.2) is 41.4 Å². The molecule has 0 bridgehead atoms. The molecule has 2 atom stereocenters. The number of nitrogens with zero attached hydrogens (tertiary/aromatic N) is 2. The quantitative estimate of drug-likeness (QED) is 0.794. The highest BCUT2D eigenvalue weighted by molar-refractivity contribution is 7.12. The van der Waals surface area contributed by atoms with E-state index in [1.165, 1.54) is 28.4 Å². The molecule has 2 fully saturated rings. The SMILES string of the molecule is O=C(N[C@@H]1CCN2C(=O)N(c3ccc(F)c(Cl)c3)C(=O)[C@@H]2C1)c1cccs1. The zero-order valence-electron chi connectivity index (χ0n) is 14.0. The minimum atomic E-state index is -0.649. The largest absolute Gasteiger partial charge is 0.348 e. The maximum atomic E-state index is 13.4. The van der Waals surface area contributed by atoms with Crippen molar-refractivity contribution in [2.45, 2.75) is 24.9 Å². The lowest BCUT2D eigenvalue weighted by Crippen LogP contribution is -2.49. The molecule has 140 valence electrons. The van der Waals surface area contributed by atoms with E-state index < -0.39 is 23.8 Å². The van der Waals surface area contributed by atoms with E-state index in [1.54, 1.807) is 12.1 Å². The topological polar surface area (TPSA) is 69.7 Å². The van der Waals surface area contributed by atoms with E-state index in [9.17, 15) is 18.8 Å². The predicted molar refractivity (Wildman–Crippen MR) is 99.6 cm³/mol. The molecular weight excluding hydrogens is 393 g/mol. The van der Waals surface area contributed by atoms with Crippen molar-refractivity contribution in [1.29, 1.82) is 0 Å². The molecule has 4 amide bonds. The number of amides is 4. The molecular formula is C18H15ClFN3O3S. The van der Waals surface area contributed by atoms with Crippen molar-refractivity contribution in [2.75, 3.05) is 11.4 Å². The predicted octanol–water partition coefficient (Wildman–Crippen LogP) is 3.27. The number of rotatable bonds is 3. The first-order chi connectivity index (χ1) is 13.0. The van der Waals surface area contributed by atoms with Crippen molar-refractivity contribution in [3.63, 3.8) is 0 Å². The van der Waals surface area contributed by atoms with Crippen LogP contribution in [0.2, 0.25) is 5.02 Å². The molecule has 2 aliphatic rings. The van der Waals surface area contributed by atoms with Gasteiger partial charge in [-0.15, -0.1) is 11.3 Å². The van der Waals surface area contributed by atoms with E-state index in [0.29, 0.717) is 24.3 Å². The first kappa shape index (κ1) is 17.9. The highest BCUT2D eigenvalue weighted by Crippen LogP contribution is 2.32. The molecule has 0 spiro atoms. The van der Waals surface area contributed by atoms with Crippen molar-refractivity contribution in [2.24, 2.45) is 0 Å². The van der Waals surface area contributed by atoms with Gasteiger partial charge in [0, 0.05) is 12.6 Å². The van der Waals surface area contributed by atoms with E-state index in [4.69, 9.17) is 11.6 Å². The summed E-state index contributed by atoms with van der Waals surface area (Å²) in [5.41, 5.74) is 0.241. The molecule has 3 heterocycles. The van der Waals surface area contributed by atoms with Gasteiger partial charge in [-0.25, -0.2) is 14.1 Å². The van der Waals surface area contributed by atoms with Crippen LogP contribution in [0.3, 0.4) is 0 Å². The molecule has 1 N–H and O–H groups in total. The summed E-state index contributed by atoms with van der Waals surface area (Å²) in [6.45, 7) is 0.357. The third-order valence-corrected chi connectivity index (χ3v) is 5.94. The lowest BCUT2D eigenvalue weighted by Gasteiger charge is -2.32. The van der Waals surface area contributed by atoms with E-state index in [2.05, 4.69) is 5.32 Å². The molecule has 9 heteroatoms. The lowest BCUT2D eigenvalue weighted by atomic mass is 9.98. The number of imide groups is 1. The van der Waals surface area contributed by atoms with Gasteiger partial charge in [0.15, 0.2) is 0 Å². The monoisotopic (exact) mass is 407 g/mol. The maximum Gasteiger partial charge on any atom is 0.332 e. The number of carbonyl (C=O) groups excluding carboxylic acids is 3. The van der Waals surface area contributed by atoms with Gasteiger partial charge in [-0.1, -0.05) is 17.7 Å². The van der Waals surface area contributed by atoms with Gasteiger partial charge in [0.25, 0.3) is 11.8 Å². The third kappa shape index (κ3) is 3.19. The van der Waals surface area contributed by atoms with E-state index in [-0.39, 0.29) is 22.7 Å². The van der Waals surface area contributed by atoms with Gasteiger partial charge in [-0.05, 0) is 42.5 Å². The number of fused-ring (bicyclic) bond motifs is 1. The average Bonchev–Trinajstić information content (AvgIpc) is 3.26. The van der Waals surface area contributed by atoms with Crippen LogP contribution in [0.15, 0.2) is 35.7 Å². The Hall–Kier alpha value is -2.45. The second kappa shape index (κ2) is 6.94. The second-order valence-corrected chi connectivity index (χ2v) is 7.79. The van der Waals surface area contributed by atoms with E-state index in [1.807, 2.05) is 5.38 Å². The van der Waals surface area contributed by atoms with Gasteiger partial charge in [-0.2, -0.15) is 0 Å². The minimum Gasteiger partial charge on any atom is -0.348 e. The van der Waals surface area contributed by atoms with Gasteiger partial charge in [0.1, 0.15) is 11.9 Å². The molecule has 2 saturated heterocycles. The van der Waals surface area contributed by atoms with Crippen LogP contribution in [0.25, 0.3) is 0 Å². The molecule has 2 aromatic rings. The van der Waals surface area contributed by atoms with Crippen molar-refractivity contribution >= 4 is 46.5 Å².